The van der Waals surface area contributed by atoms with Crippen LogP contribution in [0.1, 0.15) is 24.3 Å². The number of rotatable bonds is 5. The Kier molecular flexibility index (Phi) is 4.53. The van der Waals surface area contributed by atoms with Crippen LogP contribution in [-0.4, -0.2) is 12.5 Å². The van der Waals surface area contributed by atoms with E-state index in [0.717, 1.165) is 5.76 Å². The van der Waals surface area contributed by atoms with E-state index in [9.17, 15) is 9.18 Å². The van der Waals surface area contributed by atoms with Crippen molar-refractivity contribution in [3.05, 3.63) is 53.7 Å². The molecule has 3 N–H and O–H groups in total. The van der Waals surface area contributed by atoms with Crippen LogP contribution in [-0.2, 0) is 4.79 Å². The molecule has 4 nitrogen and oxygen atoms in total. The number of furan rings is 1. The molecule has 1 atom stereocenters. The molecule has 1 heterocycles. The van der Waals surface area contributed by atoms with E-state index in [2.05, 4.69) is 5.32 Å². The molecule has 0 bridgehead atoms. The summed E-state index contributed by atoms with van der Waals surface area (Å²) in [6.45, 7) is 3.88. The summed E-state index contributed by atoms with van der Waals surface area (Å²) < 4.78 is 18.6. The highest BCUT2D eigenvalue weighted by Gasteiger charge is 2.13. The topological polar surface area (TPSA) is 58.9 Å². The molecule has 0 saturated carbocycles. The third-order valence-corrected chi connectivity index (χ3v) is 3.10. The lowest BCUT2D eigenvalue weighted by Crippen LogP contribution is -2.86. The number of hydrogen-bond acceptors (Lipinski definition) is 2. The van der Waals surface area contributed by atoms with Crippen LogP contribution in [0.15, 0.2) is 41.0 Å². The fourth-order valence-electron chi connectivity index (χ4n) is 1.83. The lowest BCUT2D eigenvalue weighted by molar-refractivity contribution is -0.684. The number of quaternary nitrogens is 1. The zero-order chi connectivity index (χ0) is 14.5. The number of carbonyl (C=O) groups is 1. The number of hydrogen-bond donors (Lipinski definition) is 2. The second-order valence-electron chi connectivity index (χ2n) is 4.76. The zero-order valence-corrected chi connectivity index (χ0v) is 11.5. The average molecular weight is 277 g/mol. The van der Waals surface area contributed by atoms with Crippen LogP contribution in [0.4, 0.5) is 10.1 Å². The number of amides is 1. The monoisotopic (exact) mass is 277 g/mol. The zero-order valence-electron chi connectivity index (χ0n) is 11.5. The molecule has 1 aromatic heterocycles. The molecular formula is C15H18FN2O2+. The van der Waals surface area contributed by atoms with Gasteiger partial charge >= 0.3 is 0 Å². The van der Waals surface area contributed by atoms with Gasteiger partial charge in [0, 0.05) is 5.69 Å². The van der Waals surface area contributed by atoms with E-state index in [0.29, 0.717) is 11.3 Å². The summed E-state index contributed by atoms with van der Waals surface area (Å²) in [7, 11) is 0. The lowest BCUT2D eigenvalue weighted by Gasteiger charge is -2.09. The molecule has 2 aromatic rings. The third-order valence-electron chi connectivity index (χ3n) is 3.10. The lowest BCUT2D eigenvalue weighted by atomic mass is 10.2. The first kappa shape index (κ1) is 14.3. The molecule has 0 unspecified atom stereocenters. The summed E-state index contributed by atoms with van der Waals surface area (Å²) in [5.74, 6) is 0.321. The Morgan fingerprint density at radius 3 is 2.90 bits per heavy atom. The minimum atomic E-state index is -0.323. The van der Waals surface area contributed by atoms with Gasteiger partial charge in [-0.3, -0.25) is 4.79 Å². The highest BCUT2D eigenvalue weighted by atomic mass is 19.1. The summed E-state index contributed by atoms with van der Waals surface area (Å²) in [5.41, 5.74) is 1.03. The Hall–Kier alpha value is -2.14. The van der Waals surface area contributed by atoms with Crippen molar-refractivity contribution in [3.63, 3.8) is 0 Å². The molecule has 0 fully saturated rings. The van der Waals surface area contributed by atoms with Gasteiger partial charge in [0.2, 0.25) is 0 Å². The Morgan fingerprint density at radius 1 is 1.45 bits per heavy atom. The molecule has 1 amide bonds. The van der Waals surface area contributed by atoms with Crippen molar-refractivity contribution in [3.8, 4) is 0 Å². The minimum absolute atomic E-state index is 0.0607. The van der Waals surface area contributed by atoms with Crippen LogP contribution in [0.3, 0.4) is 0 Å². The van der Waals surface area contributed by atoms with Gasteiger partial charge in [0.15, 0.2) is 12.3 Å². The van der Waals surface area contributed by atoms with E-state index in [-0.39, 0.29) is 24.3 Å². The first-order chi connectivity index (χ1) is 9.56. The number of carbonyl (C=O) groups excluding carboxylic acids is 1. The smallest absolute Gasteiger partial charge is 0.279 e. The Bertz CT molecular complexity index is 582. The first-order valence-electron chi connectivity index (χ1n) is 6.49. The van der Waals surface area contributed by atoms with Gasteiger partial charge in [-0.2, -0.15) is 0 Å². The average Bonchev–Trinajstić information content (AvgIpc) is 2.94. The summed E-state index contributed by atoms with van der Waals surface area (Å²) in [4.78, 5) is 11.8. The van der Waals surface area contributed by atoms with E-state index in [1.54, 1.807) is 25.3 Å². The van der Waals surface area contributed by atoms with Crippen molar-refractivity contribution in [2.75, 3.05) is 11.9 Å². The summed E-state index contributed by atoms with van der Waals surface area (Å²) in [6.07, 6.45) is 1.61. The van der Waals surface area contributed by atoms with Crippen molar-refractivity contribution in [1.82, 2.24) is 0 Å². The van der Waals surface area contributed by atoms with E-state index >= 15 is 0 Å². The molecule has 2 rings (SSSR count). The number of aryl methyl sites for hydroxylation is 1. The van der Waals surface area contributed by atoms with E-state index in [1.807, 2.05) is 24.4 Å². The predicted molar refractivity (Wildman–Crippen MR) is 73.7 cm³/mol. The highest BCUT2D eigenvalue weighted by molar-refractivity contribution is 5.91. The molecule has 0 aliphatic heterocycles. The second kappa shape index (κ2) is 6.34. The van der Waals surface area contributed by atoms with Gasteiger partial charge in [-0.25, -0.2) is 4.39 Å². The number of halogens is 1. The molecule has 1 aromatic carbocycles. The van der Waals surface area contributed by atoms with Gasteiger partial charge in [-0.15, -0.1) is 0 Å². The highest BCUT2D eigenvalue weighted by Crippen LogP contribution is 2.13. The number of anilines is 1. The van der Waals surface area contributed by atoms with Crippen molar-refractivity contribution in [2.24, 2.45) is 0 Å². The molecule has 0 radical (unpaired) electrons. The fourth-order valence-corrected chi connectivity index (χ4v) is 1.83. The van der Waals surface area contributed by atoms with Gasteiger partial charge in [0.1, 0.15) is 11.9 Å². The SMILES string of the molecule is Cc1ccc(NC(=O)C[NH2+][C@@H](C)c2ccco2)cc1F. The van der Waals surface area contributed by atoms with Crippen molar-refractivity contribution >= 4 is 11.6 Å². The largest absolute Gasteiger partial charge is 0.463 e. The summed E-state index contributed by atoms with van der Waals surface area (Å²) in [6, 6.07) is 8.39. The van der Waals surface area contributed by atoms with Crippen LogP contribution < -0.4 is 10.6 Å². The predicted octanol–water partition coefficient (Wildman–Crippen LogP) is 1.99. The van der Waals surface area contributed by atoms with Crippen molar-refractivity contribution in [2.45, 2.75) is 19.9 Å². The quantitative estimate of drug-likeness (QED) is 0.878. The molecule has 106 valence electrons. The van der Waals surface area contributed by atoms with Crippen molar-refractivity contribution in [1.29, 1.82) is 0 Å². The normalized spacial score (nSPS) is 12.2. The first-order valence-corrected chi connectivity index (χ1v) is 6.49. The standard InChI is InChI=1S/C15H17FN2O2/c1-10-5-6-12(8-13(10)16)18-15(19)9-17-11(2)14-4-3-7-20-14/h3-8,11,17H,9H2,1-2H3,(H,18,19)/p+1/t11-/m0/s1. The maximum absolute atomic E-state index is 13.4. The fraction of sp³-hybridized carbons (Fsp3) is 0.267. The van der Waals surface area contributed by atoms with Gasteiger partial charge in [-0.05, 0) is 43.7 Å². The van der Waals surface area contributed by atoms with Gasteiger partial charge in [-0.1, -0.05) is 6.07 Å². The summed E-state index contributed by atoms with van der Waals surface area (Å²) >= 11 is 0. The van der Waals surface area contributed by atoms with E-state index < -0.39 is 0 Å². The van der Waals surface area contributed by atoms with Crippen molar-refractivity contribution < 1.29 is 18.9 Å². The molecule has 0 spiro atoms. The maximum atomic E-state index is 13.4. The van der Waals surface area contributed by atoms with Gasteiger partial charge in [0.05, 0.1) is 6.26 Å². The van der Waals surface area contributed by atoms with Crippen LogP contribution in [0.2, 0.25) is 0 Å². The Labute approximate surface area is 117 Å². The van der Waals surface area contributed by atoms with Gasteiger partial charge < -0.3 is 15.1 Å². The third kappa shape index (κ3) is 3.68. The number of nitrogens with two attached hydrogens (primary N) is 1. The Morgan fingerprint density at radius 2 is 2.25 bits per heavy atom. The molecule has 0 aliphatic rings. The molecule has 20 heavy (non-hydrogen) atoms. The Balaban J connectivity index is 1.85. The van der Waals surface area contributed by atoms with Crippen LogP contribution in [0.25, 0.3) is 0 Å². The van der Waals surface area contributed by atoms with E-state index in [4.69, 9.17) is 4.42 Å². The molecular weight excluding hydrogens is 259 g/mol. The number of benzene rings is 1. The van der Waals surface area contributed by atoms with E-state index in [1.165, 1.54) is 6.07 Å². The van der Waals surface area contributed by atoms with Crippen LogP contribution in [0, 0.1) is 12.7 Å². The maximum Gasteiger partial charge on any atom is 0.279 e. The van der Waals surface area contributed by atoms with Crippen LogP contribution >= 0.6 is 0 Å². The van der Waals surface area contributed by atoms with Gasteiger partial charge in [0.25, 0.3) is 5.91 Å². The molecule has 0 aliphatic carbocycles. The summed E-state index contributed by atoms with van der Waals surface area (Å²) in [5, 5.41) is 4.53. The molecule has 5 heteroatoms. The molecule has 0 saturated heterocycles. The number of nitrogens with one attached hydrogen (secondary N) is 1. The second-order valence-corrected chi connectivity index (χ2v) is 4.76. The van der Waals surface area contributed by atoms with Crippen LogP contribution in [0.5, 0.6) is 0 Å². The minimum Gasteiger partial charge on any atom is -0.463 e.